The summed E-state index contributed by atoms with van der Waals surface area (Å²) in [4.78, 5) is 15.5. The number of methoxy groups -OCH3 is 3. The van der Waals surface area contributed by atoms with Gasteiger partial charge in [-0.2, -0.15) is 0 Å². The van der Waals surface area contributed by atoms with Gasteiger partial charge in [-0.1, -0.05) is 12.1 Å². The fourth-order valence-corrected chi connectivity index (χ4v) is 5.72. The summed E-state index contributed by atoms with van der Waals surface area (Å²) in [5.41, 5.74) is 4.79. The molecule has 0 spiro atoms. The van der Waals surface area contributed by atoms with Crippen molar-refractivity contribution in [1.82, 2.24) is 10.2 Å². The van der Waals surface area contributed by atoms with Crippen LogP contribution in [0.2, 0.25) is 0 Å². The molecule has 2 aromatic rings. The molecule has 2 heterocycles. The van der Waals surface area contributed by atoms with Crippen LogP contribution in [0.15, 0.2) is 30.3 Å². The van der Waals surface area contributed by atoms with Crippen LogP contribution in [-0.4, -0.2) is 63.5 Å². The lowest BCUT2D eigenvalue weighted by Crippen LogP contribution is -2.50. The third-order valence-electron chi connectivity index (χ3n) is 7.81. The highest BCUT2D eigenvalue weighted by atomic mass is 16.5. The SMILES string of the molecule is COCCOc1ccc(CN2C3CCC2CC(NC(=O)Cc2ccc(OC)c(OC)c2)C3)c(C)c1C. The molecule has 0 radical (unpaired) electrons. The van der Waals surface area contributed by atoms with Gasteiger partial charge >= 0.3 is 0 Å². The molecule has 0 aromatic heterocycles. The van der Waals surface area contributed by atoms with E-state index in [9.17, 15) is 4.79 Å². The monoisotopic (exact) mass is 496 g/mol. The van der Waals surface area contributed by atoms with E-state index in [1.165, 1.54) is 29.5 Å². The van der Waals surface area contributed by atoms with Crippen LogP contribution in [-0.2, 0) is 22.5 Å². The second kappa shape index (κ2) is 12.0. The molecule has 0 aliphatic carbocycles. The summed E-state index contributed by atoms with van der Waals surface area (Å²) < 4.78 is 21.7. The maximum Gasteiger partial charge on any atom is 0.224 e. The summed E-state index contributed by atoms with van der Waals surface area (Å²) >= 11 is 0. The molecule has 36 heavy (non-hydrogen) atoms. The van der Waals surface area contributed by atoms with E-state index < -0.39 is 0 Å². The number of carbonyl (C=O) groups is 1. The van der Waals surface area contributed by atoms with E-state index in [-0.39, 0.29) is 11.9 Å². The van der Waals surface area contributed by atoms with Crippen LogP contribution in [0.3, 0.4) is 0 Å². The Morgan fingerprint density at radius 2 is 1.61 bits per heavy atom. The van der Waals surface area contributed by atoms with Crippen molar-refractivity contribution in [3.8, 4) is 17.2 Å². The van der Waals surface area contributed by atoms with E-state index in [0.29, 0.717) is 43.2 Å². The van der Waals surface area contributed by atoms with Gasteiger partial charge in [0.15, 0.2) is 11.5 Å². The number of hydrogen-bond donors (Lipinski definition) is 1. The molecule has 2 bridgehead atoms. The normalized spacial score (nSPS) is 21.3. The summed E-state index contributed by atoms with van der Waals surface area (Å²) in [5.74, 6) is 2.32. The zero-order chi connectivity index (χ0) is 25.7. The fraction of sp³-hybridized carbons (Fsp3) is 0.552. The number of carbonyl (C=O) groups excluding carboxylic acids is 1. The average molecular weight is 497 g/mol. The Morgan fingerprint density at radius 3 is 2.28 bits per heavy atom. The van der Waals surface area contributed by atoms with E-state index in [1.807, 2.05) is 18.2 Å². The van der Waals surface area contributed by atoms with E-state index >= 15 is 0 Å². The van der Waals surface area contributed by atoms with Crippen LogP contribution >= 0.6 is 0 Å². The van der Waals surface area contributed by atoms with Crippen molar-refractivity contribution in [2.45, 2.75) is 70.6 Å². The number of hydrogen-bond acceptors (Lipinski definition) is 6. The molecule has 2 aromatic carbocycles. The first-order valence-corrected chi connectivity index (χ1v) is 12.9. The maximum absolute atomic E-state index is 12.8. The van der Waals surface area contributed by atoms with Crippen LogP contribution in [0.4, 0.5) is 0 Å². The van der Waals surface area contributed by atoms with Crippen LogP contribution in [0.25, 0.3) is 0 Å². The van der Waals surface area contributed by atoms with E-state index in [0.717, 1.165) is 30.7 Å². The van der Waals surface area contributed by atoms with E-state index in [2.05, 4.69) is 36.2 Å². The number of fused-ring (bicyclic) bond motifs is 2. The number of benzene rings is 2. The maximum atomic E-state index is 12.8. The summed E-state index contributed by atoms with van der Waals surface area (Å²) in [6, 6.07) is 11.2. The highest BCUT2D eigenvalue weighted by molar-refractivity contribution is 5.79. The van der Waals surface area contributed by atoms with Crippen LogP contribution in [0.5, 0.6) is 17.2 Å². The Kier molecular flexibility index (Phi) is 8.75. The van der Waals surface area contributed by atoms with Crippen molar-refractivity contribution in [3.05, 3.63) is 52.6 Å². The Labute approximate surface area is 215 Å². The Hall–Kier alpha value is -2.77. The van der Waals surface area contributed by atoms with Crippen molar-refractivity contribution in [3.63, 3.8) is 0 Å². The molecule has 1 amide bonds. The lowest BCUT2D eigenvalue weighted by molar-refractivity contribution is -0.121. The van der Waals surface area contributed by atoms with Crippen molar-refractivity contribution in [2.75, 3.05) is 34.5 Å². The molecule has 196 valence electrons. The predicted octanol–water partition coefficient (Wildman–Crippen LogP) is 4.20. The zero-order valence-corrected chi connectivity index (χ0v) is 22.3. The van der Waals surface area contributed by atoms with Crippen molar-refractivity contribution < 1.29 is 23.7 Å². The Bertz CT molecular complexity index is 1040. The highest BCUT2D eigenvalue weighted by Crippen LogP contribution is 2.38. The number of piperidine rings is 1. The number of ether oxygens (including phenoxy) is 4. The molecule has 2 atom stereocenters. The van der Waals surface area contributed by atoms with Gasteiger partial charge in [0, 0.05) is 31.8 Å². The van der Waals surface area contributed by atoms with Gasteiger partial charge in [0.25, 0.3) is 0 Å². The molecule has 2 aliphatic rings. The third kappa shape index (κ3) is 5.95. The van der Waals surface area contributed by atoms with Gasteiger partial charge in [0.2, 0.25) is 5.91 Å². The summed E-state index contributed by atoms with van der Waals surface area (Å²) in [6.07, 6.45) is 4.74. The standard InChI is InChI=1S/C29H40N2O5/c1-19-20(2)26(36-13-12-33-3)11-7-22(19)18-31-24-8-9-25(31)17-23(16-24)30-29(32)15-21-6-10-27(34-4)28(14-21)35-5/h6-7,10-11,14,23-25H,8-9,12-13,15-18H2,1-5H3,(H,30,32). The molecule has 0 saturated carbocycles. The topological polar surface area (TPSA) is 69.3 Å². The van der Waals surface area contributed by atoms with Gasteiger partial charge in [0.05, 0.1) is 27.2 Å². The molecule has 7 nitrogen and oxygen atoms in total. The molecule has 2 fully saturated rings. The minimum Gasteiger partial charge on any atom is -0.493 e. The van der Waals surface area contributed by atoms with Gasteiger partial charge in [0.1, 0.15) is 12.4 Å². The summed E-state index contributed by atoms with van der Waals surface area (Å²) in [7, 11) is 4.91. The predicted molar refractivity (Wildman–Crippen MR) is 140 cm³/mol. The number of amides is 1. The molecule has 2 unspecified atom stereocenters. The summed E-state index contributed by atoms with van der Waals surface area (Å²) in [5, 5.41) is 3.31. The molecule has 2 saturated heterocycles. The molecular weight excluding hydrogens is 456 g/mol. The third-order valence-corrected chi connectivity index (χ3v) is 7.81. The van der Waals surface area contributed by atoms with Crippen LogP contribution in [0.1, 0.15) is 47.9 Å². The molecule has 1 N–H and O–H groups in total. The minimum absolute atomic E-state index is 0.0654. The number of rotatable bonds is 11. The summed E-state index contributed by atoms with van der Waals surface area (Å²) in [6.45, 7) is 6.42. The van der Waals surface area contributed by atoms with Crippen LogP contribution in [0, 0.1) is 13.8 Å². The van der Waals surface area contributed by atoms with Gasteiger partial charge in [-0.05, 0) is 80.0 Å². The first-order valence-electron chi connectivity index (χ1n) is 12.9. The van der Waals surface area contributed by atoms with Gasteiger partial charge in [-0.15, -0.1) is 0 Å². The van der Waals surface area contributed by atoms with E-state index in [1.54, 1.807) is 21.3 Å². The first-order chi connectivity index (χ1) is 17.4. The lowest BCUT2D eigenvalue weighted by atomic mass is 9.95. The lowest BCUT2D eigenvalue weighted by Gasteiger charge is -2.39. The zero-order valence-electron chi connectivity index (χ0n) is 22.3. The first kappa shape index (κ1) is 26.3. The quantitative estimate of drug-likeness (QED) is 0.470. The van der Waals surface area contributed by atoms with Crippen molar-refractivity contribution in [1.29, 1.82) is 0 Å². The highest BCUT2D eigenvalue weighted by Gasteiger charge is 2.41. The van der Waals surface area contributed by atoms with Crippen molar-refractivity contribution >= 4 is 5.91 Å². The Balaban J connectivity index is 1.33. The molecular formula is C29H40N2O5. The number of nitrogens with one attached hydrogen (secondary N) is 1. The molecule has 4 rings (SSSR count). The smallest absolute Gasteiger partial charge is 0.224 e. The van der Waals surface area contributed by atoms with Crippen molar-refractivity contribution in [2.24, 2.45) is 0 Å². The second-order valence-electron chi connectivity index (χ2n) is 9.97. The fourth-order valence-electron chi connectivity index (χ4n) is 5.72. The van der Waals surface area contributed by atoms with Gasteiger partial charge < -0.3 is 24.3 Å². The average Bonchev–Trinajstić information content (AvgIpc) is 3.10. The van der Waals surface area contributed by atoms with Gasteiger partial charge in [-0.25, -0.2) is 0 Å². The van der Waals surface area contributed by atoms with Crippen LogP contribution < -0.4 is 19.5 Å². The minimum atomic E-state index is 0.0654. The second-order valence-corrected chi connectivity index (χ2v) is 9.97. The molecule has 2 aliphatic heterocycles. The Morgan fingerprint density at radius 1 is 0.917 bits per heavy atom. The van der Waals surface area contributed by atoms with Gasteiger partial charge in [-0.3, -0.25) is 9.69 Å². The van der Waals surface area contributed by atoms with E-state index in [4.69, 9.17) is 18.9 Å². The molecule has 7 heteroatoms. The number of nitrogens with zero attached hydrogens (tertiary/aromatic N) is 1. The largest absolute Gasteiger partial charge is 0.493 e.